The number of aryl methyl sites for hydroxylation is 1. The highest BCUT2D eigenvalue weighted by Gasteiger charge is 2.13. The van der Waals surface area contributed by atoms with Crippen LogP contribution in [0.3, 0.4) is 0 Å². The van der Waals surface area contributed by atoms with Gasteiger partial charge in [0.05, 0.1) is 0 Å². The molecule has 1 amide bonds. The van der Waals surface area contributed by atoms with E-state index in [1.54, 1.807) is 0 Å². The SMILES string of the molecule is CCC(Nc1ccc(C)cc1Br)C(N)=O. The third kappa shape index (κ3) is 3.23. The van der Waals surface area contributed by atoms with E-state index < -0.39 is 0 Å². The summed E-state index contributed by atoms with van der Waals surface area (Å²) in [6, 6.07) is 5.60. The molecule has 4 heteroatoms. The number of primary amides is 1. The van der Waals surface area contributed by atoms with E-state index in [1.165, 1.54) is 5.56 Å². The van der Waals surface area contributed by atoms with E-state index in [2.05, 4.69) is 21.2 Å². The lowest BCUT2D eigenvalue weighted by Gasteiger charge is -2.16. The van der Waals surface area contributed by atoms with Crippen LogP contribution in [0.5, 0.6) is 0 Å². The molecule has 82 valence electrons. The summed E-state index contributed by atoms with van der Waals surface area (Å²) in [6.45, 7) is 3.93. The molecule has 0 aliphatic heterocycles. The van der Waals surface area contributed by atoms with Crippen LogP contribution in [0.1, 0.15) is 18.9 Å². The normalized spacial score (nSPS) is 12.2. The Morgan fingerprint density at radius 1 is 1.60 bits per heavy atom. The quantitative estimate of drug-likeness (QED) is 0.883. The Morgan fingerprint density at radius 3 is 2.73 bits per heavy atom. The first-order valence-corrected chi connectivity index (χ1v) is 5.66. The highest BCUT2D eigenvalue weighted by atomic mass is 79.9. The molecule has 3 nitrogen and oxygen atoms in total. The highest BCUT2D eigenvalue weighted by Crippen LogP contribution is 2.24. The smallest absolute Gasteiger partial charge is 0.239 e. The van der Waals surface area contributed by atoms with Crippen LogP contribution in [0.2, 0.25) is 0 Å². The van der Waals surface area contributed by atoms with Crippen molar-refractivity contribution < 1.29 is 4.79 Å². The molecular weight excluding hydrogens is 256 g/mol. The Bertz CT molecular complexity index is 366. The van der Waals surface area contributed by atoms with Crippen molar-refractivity contribution in [3.05, 3.63) is 28.2 Å². The molecule has 1 aromatic carbocycles. The van der Waals surface area contributed by atoms with E-state index in [9.17, 15) is 4.79 Å². The van der Waals surface area contributed by atoms with Crippen LogP contribution >= 0.6 is 15.9 Å². The van der Waals surface area contributed by atoms with Crippen molar-refractivity contribution in [3.63, 3.8) is 0 Å². The van der Waals surface area contributed by atoms with Crippen molar-refractivity contribution in [1.82, 2.24) is 0 Å². The summed E-state index contributed by atoms with van der Waals surface area (Å²) in [6.07, 6.45) is 0.676. The summed E-state index contributed by atoms with van der Waals surface area (Å²) in [7, 11) is 0. The van der Waals surface area contributed by atoms with E-state index in [4.69, 9.17) is 5.73 Å². The lowest BCUT2D eigenvalue weighted by atomic mass is 10.2. The molecule has 0 spiro atoms. The number of halogens is 1. The minimum Gasteiger partial charge on any atom is -0.373 e. The largest absolute Gasteiger partial charge is 0.373 e. The van der Waals surface area contributed by atoms with Crippen molar-refractivity contribution in [2.24, 2.45) is 5.73 Å². The average Bonchev–Trinajstić information content (AvgIpc) is 2.16. The molecule has 0 bridgehead atoms. The van der Waals surface area contributed by atoms with Gasteiger partial charge in [0, 0.05) is 10.2 Å². The summed E-state index contributed by atoms with van der Waals surface area (Å²) in [5, 5.41) is 3.10. The standard InChI is InChI=1S/C11H15BrN2O/c1-3-9(11(13)15)14-10-5-4-7(2)6-8(10)12/h4-6,9,14H,3H2,1-2H3,(H2,13,15). The van der Waals surface area contributed by atoms with Crippen LogP contribution in [0.4, 0.5) is 5.69 Å². The van der Waals surface area contributed by atoms with Gasteiger partial charge < -0.3 is 11.1 Å². The second kappa shape index (κ2) is 5.16. The molecule has 0 saturated carbocycles. The van der Waals surface area contributed by atoms with E-state index in [0.717, 1.165) is 10.2 Å². The summed E-state index contributed by atoms with van der Waals surface area (Å²) in [5.74, 6) is -0.329. The molecule has 15 heavy (non-hydrogen) atoms. The summed E-state index contributed by atoms with van der Waals surface area (Å²) < 4.78 is 0.946. The number of benzene rings is 1. The molecule has 0 radical (unpaired) electrons. The molecule has 0 fully saturated rings. The second-order valence-corrected chi connectivity index (χ2v) is 4.35. The zero-order chi connectivity index (χ0) is 11.4. The maximum atomic E-state index is 11.1. The second-order valence-electron chi connectivity index (χ2n) is 3.49. The molecule has 1 atom stereocenters. The van der Waals surface area contributed by atoms with Gasteiger partial charge in [0.25, 0.3) is 0 Å². The molecule has 0 saturated heterocycles. The first kappa shape index (κ1) is 12.0. The number of nitrogens with one attached hydrogen (secondary N) is 1. The molecule has 0 aromatic heterocycles. The van der Waals surface area contributed by atoms with Gasteiger partial charge >= 0.3 is 0 Å². The number of carbonyl (C=O) groups excluding carboxylic acids is 1. The van der Waals surface area contributed by atoms with Crippen molar-refractivity contribution >= 4 is 27.5 Å². The molecular formula is C11H15BrN2O. The molecule has 1 unspecified atom stereocenters. The molecule has 1 rings (SSSR count). The third-order valence-electron chi connectivity index (χ3n) is 2.21. The van der Waals surface area contributed by atoms with Gasteiger partial charge in [-0.3, -0.25) is 4.79 Å². The number of hydrogen-bond donors (Lipinski definition) is 2. The predicted molar refractivity (Wildman–Crippen MR) is 65.8 cm³/mol. The Hall–Kier alpha value is -1.03. The number of nitrogens with two attached hydrogens (primary N) is 1. The first-order valence-electron chi connectivity index (χ1n) is 4.86. The fraction of sp³-hybridized carbons (Fsp3) is 0.364. The monoisotopic (exact) mass is 270 g/mol. The average molecular weight is 271 g/mol. The van der Waals surface area contributed by atoms with Gasteiger partial charge in [0.15, 0.2) is 0 Å². The van der Waals surface area contributed by atoms with Crippen LogP contribution in [0, 0.1) is 6.92 Å². The Labute approximate surface area is 98.2 Å². The Morgan fingerprint density at radius 2 is 2.27 bits per heavy atom. The van der Waals surface area contributed by atoms with Crippen molar-refractivity contribution in [3.8, 4) is 0 Å². The van der Waals surface area contributed by atoms with Crippen LogP contribution in [0.15, 0.2) is 22.7 Å². The Kier molecular flexibility index (Phi) is 4.15. The number of anilines is 1. The fourth-order valence-electron chi connectivity index (χ4n) is 1.30. The predicted octanol–water partition coefficient (Wildman–Crippen LogP) is 2.43. The topological polar surface area (TPSA) is 55.1 Å². The maximum Gasteiger partial charge on any atom is 0.239 e. The van der Waals surface area contributed by atoms with Crippen LogP contribution in [-0.2, 0) is 4.79 Å². The van der Waals surface area contributed by atoms with Gasteiger partial charge in [-0.15, -0.1) is 0 Å². The fourth-order valence-corrected chi connectivity index (χ4v) is 1.91. The number of rotatable bonds is 4. The summed E-state index contributed by atoms with van der Waals surface area (Å²) in [5.41, 5.74) is 7.32. The number of amides is 1. The first-order chi connectivity index (χ1) is 7.04. The maximum absolute atomic E-state index is 11.1. The van der Waals surface area contributed by atoms with Crippen molar-refractivity contribution in [2.45, 2.75) is 26.3 Å². The lowest BCUT2D eigenvalue weighted by Crippen LogP contribution is -2.34. The highest BCUT2D eigenvalue weighted by molar-refractivity contribution is 9.10. The van der Waals surface area contributed by atoms with Crippen molar-refractivity contribution in [1.29, 1.82) is 0 Å². The van der Waals surface area contributed by atoms with E-state index in [0.29, 0.717) is 6.42 Å². The minimum absolute atomic E-state index is 0.316. The van der Waals surface area contributed by atoms with Gasteiger partial charge in [-0.05, 0) is 47.0 Å². The van der Waals surface area contributed by atoms with Gasteiger partial charge in [-0.1, -0.05) is 13.0 Å². The zero-order valence-corrected chi connectivity index (χ0v) is 10.5. The van der Waals surface area contributed by atoms with Gasteiger partial charge in [-0.25, -0.2) is 0 Å². The zero-order valence-electron chi connectivity index (χ0n) is 8.88. The van der Waals surface area contributed by atoms with Crippen LogP contribution < -0.4 is 11.1 Å². The van der Waals surface area contributed by atoms with E-state index >= 15 is 0 Å². The molecule has 0 heterocycles. The van der Waals surface area contributed by atoms with E-state index in [-0.39, 0.29) is 11.9 Å². The van der Waals surface area contributed by atoms with Gasteiger partial charge in [-0.2, -0.15) is 0 Å². The Balaban J connectivity index is 2.84. The van der Waals surface area contributed by atoms with Crippen LogP contribution in [-0.4, -0.2) is 11.9 Å². The lowest BCUT2D eigenvalue weighted by molar-refractivity contribution is -0.118. The van der Waals surface area contributed by atoms with Gasteiger partial charge in [0.2, 0.25) is 5.91 Å². The summed E-state index contributed by atoms with van der Waals surface area (Å²) in [4.78, 5) is 11.1. The van der Waals surface area contributed by atoms with Crippen molar-refractivity contribution in [2.75, 3.05) is 5.32 Å². The number of carbonyl (C=O) groups is 1. The third-order valence-corrected chi connectivity index (χ3v) is 2.86. The molecule has 1 aromatic rings. The van der Waals surface area contributed by atoms with Crippen LogP contribution in [0.25, 0.3) is 0 Å². The van der Waals surface area contributed by atoms with E-state index in [1.807, 2.05) is 32.0 Å². The molecule has 3 N–H and O–H groups in total. The number of hydrogen-bond acceptors (Lipinski definition) is 2. The molecule has 0 aliphatic carbocycles. The molecule has 0 aliphatic rings. The summed E-state index contributed by atoms with van der Waals surface area (Å²) >= 11 is 3.44. The van der Waals surface area contributed by atoms with Gasteiger partial charge in [0.1, 0.15) is 6.04 Å². The minimum atomic E-state index is -0.329.